The molecule has 0 aliphatic heterocycles. The second-order valence-corrected chi connectivity index (χ2v) is 13.5. The SMILES string of the molecule is C=C(/C=C(/C#N)C=N)c1cccc(-c2c3ccccc3c(-c3cccc(/C(C)=C/C(C#N)=C\N)c3)c3cc4c(cc23)C(C)(C)c2ccccc2-4)c1. The predicted molar refractivity (Wildman–Crippen MR) is 213 cm³/mol. The van der Waals surface area contributed by atoms with Crippen LogP contribution in [0.3, 0.4) is 0 Å². The van der Waals surface area contributed by atoms with Crippen molar-refractivity contribution in [3.63, 3.8) is 0 Å². The smallest absolute Gasteiger partial charge is 0.101 e. The van der Waals surface area contributed by atoms with Crippen LogP contribution in [0.25, 0.3) is 66.1 Å². The maximum atomic E-state index is 9.53. The van der Waals surface area contributed by atoms with Crippen LogP contribution in [0.4, 0.5) is 0 Å². The highest BCUT2D eigenvalue weighted by Gasteiger charge is 2.36. The van der Waals surface area contributed by atoms with Crippen LogP contribution < -0.4 is 5.73 Å². The zero-order valence-corrected chi connectivity index (χ0v) is 28.9. The Balaban J connectivity index is 1.58. The van der Waals surface area contributed by atoms with Crippen LogP contribution in [-0.2, 0) is 5.41 Å². The van der Waals surface area contributed by atoms with Crippen LogP contribution in [-0.4, -0.2) is 6.21 Å². The van der Waals surface area contributed by atoms with Crippen molar-refractivity contribution in [1.82, 2.24) is 0 Å². The van der Waals surface area contributed by atoms with Crippen molar-refractivity contribution in [3.05, 3.63) is 168 Å². The molecule has 6 aromatic carbocycles. The lowest BCUT2D eigenvalue weighted by molar-refractivity contribution is 0.661. The third kappa shape index (κ3) is 5.54. The first-order valence-electron chi connectivity index (χ1n) is 16.9. The minimum atomic E-state index is -0.193. The van der Waals surface area contributed by atoms with Crippen LogP contribution in [0.2, 0.25) is 0 Å². The van der Waals surface area contributed by atoms with Crippen molar-refractivity contribution in [1.29, 1.82) is 15.9 Å². The number of benzene rings is 6. The molecule has 0 amide bonds. The fourth-order valence-corrected chi connectivity index (χ4v) is 7.60. The number of nitrogens with two attached hydrogens (primary N) is 1. The molecule has 1 aliphatic rings. The Bertz CT molecular complexity index is 2630. The van der Waals surface area contributed by atoms with Crippen LogP contribution >= 0.6 is 0 Å². The van der Waals surface area contributed by atoms with E-state index in [0.717, 1.165) is 66.7 Å². The van der Waals surface area contributed by atoms with Crippen molar-refractivity contribution in [2.24, 2.45) is 5.73 Å². The van der Waals surface area contributed by atoms with Crippen molar-refractivity contribution in [2.75, 3.05) is 0 Å². The summed E-state index contributed by atoms with van der Waals surface area (Å²) in [7, 11) is 0. The highest BCUT2D eigenvalue weighted by molar-refractivity contribution is 6.22. The van der Waals surface area contributed by atoms with E-state index in [-0.39, 0.29) is 11.0 Å². The zero-order valence-electron chi connectivity index (χ0n) is 28.9. The molecule has 0 spiro atoms. The van der Waals surface area contributed by atoms with Crippen molar-refractivity contribution >= 4 is 38.9 Å². The molecule has 6 aromatic rings. The zero-order chi connectivity index (χ0) is 35.9. The van der Waals surface area contributed by atoms with E-state index in [2.05, 4.69) is 130 Å². The highest BCUT2D eigenvalue weighted by Crippen LogP contribution is 2.53. The molecule has 0 saturated carbocycles. The van der Waals surface area contributed by atoms with Crippen molar-refractivity contribution < 1.29 is 0 Å². The summed E-state index contributed by atoms with van der Waals surface area (Å²) in [4.78, 5) is 0. The summed E-state index contributed by atoms with van der Waals surface area (Å²) in [6.07, 6.45) is 5.87. The monoisotopic (exact) mass is 656 g/mol. The Morgan fingerprint density at radius 2 is 1.25 bits per heavy atom. The molecule has 0 heterocycles. The molecule has 0 aromatic heterocycles. The maximum Gasteiger partial charge on any atom is 0.101 e. The predicted octanol–water partition coefficient (Wildman–Crippen LogP) is 11.5. The van der Waals surface area contributed by atoms with E-state index < -0.39 is 0 Å². The van der Waals surface area contributed by atoms with E-state index >= 15 is 0 Å². The number of hydrogen-bond donors (Lipinski definition) is 2. The lowest BCUT2D eigenvalue weighted by atomic mass is 9.79. The Morgan fingerprint density at radius 1 is 0.667 bits per heavy atom. The summed E-state index contributed by atoms with van der Waals surface area (Å²) in [5.41, 5.74) is 19.2. The average Bonchev–Trinajstić information content (AvgIpc) is 3.39. The van der Waals surface area contributed by atoms with Crippen molar-refractivity contribution in [3.8, 4) is 45.5 Å². The van der Waals surface area contributed by atoms with E-state index in [1.807, 2.05) is 25.1 Å². The topological polar surface area (TPSA) is 97.5 Å². The molecule has 0 radical (unpaired) electrons. The second kappa shape index (κ2) is 12.9. The second-order valence-electron chi connectivity index (χ2n) is 13.5. The van der Waals surface area contributed by atoms with Gasteiger partial charge in [0, 0.05) is 17.8 Å². The van der Waals surface area contributed by atoms with E-state index in [9.17, 15) is 10.5 Å². The van der Waals surface area contributed by atoms with Gasteiger partial charge in [0.2, 0.25) is 0 Å². The first kappa shape index (κ1) is 32.8. The number of nitrogens with one attached hydrogen (secondary N) is 1. The van der Waals surface area contributed by atoms with Gasteiger partial charge in [0.05, 0.1) is 11.1 Å². The minimum absolute atomic E-state index is 0.193. The van der Waals surface area contributed by atoms with E-state index in [1.54, 1.807) is 6.08 Å². The summed E-state index contributed by atoms with van der Waals surface area (Å²) in [5.74, 6) is 0. The summed E-state index contributed by atoms with van der Waals surface area (Å²) < 4.78 is 0. The molecule has 1 aliphatic carbocycles. The number of allylic oxidation sites excluding steroid dienone is 6. The van der Waals surface area contributed by atoms with Gasteiger partial charge >= 0.3 is 0 Å². The number of fused-ring (bicyclic) bond motifs is 5. The molecule has 7 rings (SSSR count). The Hall–Kier alpha value is -6.75. The molecule has 0 atom stereocenters. The van der Waals surface area contributed by atoms with Gasteiger partial charge in [-0.05, 0) is 132 Å². The molecular weight excluding hydrogens is 621 g/mol. The van der Waals surface area contributed by atoms with Crippen molar-refractivity contribution in [2.45, 2.75) is 26.2 Å². The third-order valence-corrected chi connectivity index (χ3v) is 10.1. The van der Waals surface area contributed by atoms with Gasteiger partial charge in [0.15, 0.2) is 0 Å². The molecular formula is C47H36N4. The largest absolute Gasteiger partial charge is 0.404 e. The summed E-state index contributed by atoms with van der Waals surface area (Å²) >= 11 is 0. The van der Waals surface area contributed by atoms with Gasteiger partial charge < -0.3 is 11.1 Å². The molecule has 51 heavy (non-hydrogen) atoms. The van der Waals surface area contributed by atoms with Crippen LogP contribution in [0, 0.1) is 28.1 Å². The quantitative estimate of drug-likeness (QED) is 0.0774. The lowest BCUT2D eigenvalue weighted by Crippen LogP contribution is -2.14. The Kier molecular flexibility index (Phi) is 8.32. The van der Waals surface area contributed by atoms with E-state index in [0.29, 0.717) is 11.1 Å². The number of nitriles is 2. The fourth-order valence-electron chi connectivity index (χ4n) is 7.60. The minimum Gasteiger partial charge on any atom is -0.404 e. The van der Waals surface area contributed by atoms with Gasteiger partial charge in [-0.15, -0.1) is 0 Å². The van der Waals surface area contributed by atoms with E-state index in [1.165, 1.54) is 28.5 Å². The number of nitrogens with zero attached hydrogens (tertiary/aromatic N) is 2. The van der Waals surface area contributed by atoms with Gasteiger partial charge in [0.1, 0.15) is 12.1 Å². The molecule has 0 saturated heterocycles. The Morgan fingerprint density at radius 3 is 1.88 bits per heavy atom. The maximum absolute atomic E-state index is 9.53. The van der Waals surface area contributed by atoms with Crippen LogP contribution in [0.1, 0.15) is 43.0 Å². The molecule has 0 bridgehead atoms. The van der Waals surface area contributed by atoms with Gasteiger partial charge in [-0.3, -0.25) is 0 Å². The first-order chi connectivity index (χ1) is 24.7. The average molecular weight is 657 g/mol. The van der Waals surface area contributed by atoms with Gasteiger partial charge in [-0.2, -0.15) is 10.5 Å². The molecule has 0 unspecified atom stereocenters. The van der Waals surface area contributed by atoms with Gasteiger partial charge in [-0.1, -0.05) is 105 Å². The van der Waals surface area contributed by atoms with Gasteiger partial charge in [0.25, 0.3) is 0 Å². The van der Waals surface area contributed by atoms with E-state index in [4.69, 9.17) is 11.1 Å². The molecule has 4 heteroatoms. The first-order valence-corrected chi connectivity index (χ1v) is 16.9. The van der Waals surface area contributed by atoms with Crippen LogP contribution in [0.5, 0.6) is 0 Å². The molecule has 3 N–H and O–H groups in total. The summed E-state index contributed by atoms with van der Waals surface area (Å²) in [6.45, 7) is 10.9. The normalized spacial score (nSPS) is 13.7. The lowest BCUT2D eigenvalue weighted by Gasteiger charge is -2.24. The summed E-state index contributed by atoms with van der Waals surface area (Å²) in [6, 6.07) is 43.1. The number of hydrogen-bond acceptors (Lipinski definition) is 4. The third-order valence-electron chi connectivity index (χ3n) is 10.1. The Labute approximate surface area is 298 Å². The molecule has 0 fully saturated rings. The molecule has 4 nitrogen and oxygen atoms in total. The van der Waals surface area contributed by atoms with Gasteiger partial charge in [-0.25, -0.2) is 0 Å². The highest BCUT2D eigenvalue weighted by atomic mass is 14.5. The summed E-state index contributed by atoms with van der Waals surface area (Å²) in [5, 5.41) is 31.2. The van der Waals surface area contributed by atoms with Crippen LogP contribution in [0.15, 0.2) is 145 Å². The number of rotatable bonds is 7. The standard InChI is InChI=1S/C47H36N4/c1-29(19-31(25-48)26-49)33-11-9-13-35(21-33)45-38-16-5-6-17-39(38)46(36-14-10-12-34(22-36)30(2)20-32(27-50)28-51)42-24-44-40(23-41(42)45)37-15-7-8-18-43(37)47(44,3)4/h5-25,27,50H,2,48H2,1,3-4H3/b29-19+,31-25+,32-20+,50-27?. The fraction of sp³-hybridized carbons (Fsp3) is 0.0851. The molecule has 244 valence electrons.